The molecule has 0 fully saturated rings. The van der Waals surface area contributed by atoms with Crippen LogP contribution < -0.4 is 6.61 Å². The van der Waals surface area contributed by atoms with Crippen molar-refractivity contribution in [3.05, 3.63) is 48.6 Å². The molecule has 4 nitrogen and oxygen atoms in total. The van der Waals surface area contributed by atoms with Crippen LogP contribution in [0.25, 0.3) is 0 Å². The normalized spacial score (nSPS) is 11.0. The topological polar surface area (TPSA) is 58.2 Å². The summed E-state index contributed by atoms with van der Waals surface area (Å²) >= 11 is -1.35. The second-order valence-corrected chi connectivity index (χ2v) is 6.17. The minimum Gasteiger partial charge on any atom is -0.273 e. The number of nitrogens with one attached hydrogen (secondary N) is 2. The van der Waals surface area contributed by atoms with Crippen molar-refractivity contribution in [3.8, 4) is 0 Å². The van der Waals surface area contributed by atoms with Crippen molar-refractivity contribution in [1.29, 1.82) is 0 Å². The number of hydrogen-bond donors (Lipinski definition) is 2. The molecular weight excluding hydrogens is 481 g/mol. The zero-order valence-corrected chi connectivity index (χ0v) is 19.0. The van der Waals surface area contributed by atoms with Crippen molar-refractivity contribution in [2.24, 2.45) is 0 Å². The maximum absolute atomic E-state index is 9.47. The molecule has 0 atom stereocenters. The van der Waals surface area contributed by atoms with Crippen molar-refractivity contribution in [2.45, 2.75) is 12.8 Å². The number of hydrogen-bond acceptors (Lipinski definition) is 2. The smallest absolute Gasteiger partial charge is 0.273 e. The first-order chi connectivity index (χ1) is 8.41. The van der Waals surface area contributed by atoms with Crippen molar-refractivity contribution >= 4 is 61.1 Å². The Labute approximate surface area is 163 Å². The average molecular weight is 498 g/mol. The summed E-state index contributed by atoms with van der Waals surface area (Å²) in [5, 5.41) is 0. The van der Waals surface area contributed by atoms with Gasteiger partial charge in [0.05, 0.1) is 0 Å². The SMILES string of the molecule is Cl.Cl.O=C[NH][InH][NH]C=O.[C-]1=CC=CC1.[C-]1=CC=CC1.[Zr+2]. The number of allylic oxidation sites excluding steroid dienone is 8. The van der Waals surface area contributed by atoms with E-state index in [9.17, 15) is 9.59 Å². The third kappa shape index (κ3) is 26.7. The second kappa shape index (κ2) is 27.6. The van der Waals surface area contributed by atoms with E-state index in [1.165, 1.54) is 0 Å². The fraction of sp³-hybridized carbons (Fsp3) is 0.167. The molecule has 0 spiro atoms. The van der Waals surface area contributed by atoms with Crippen LogP contribution in [-0.4, -0.2) is 36.3 Å². The van der Waals surface area contributed by atoms with E-state index in [0.717, 1.165) is 12.8 Å². The van der Waals surface area contributed by atoms with Crippen molar-refractivity contribution in [2.75, 3.05) is 0 Å². The summed E-state index contributed by atoms with van der Waals surface area (Å²) in [6, 6.07) is 0. The molecule has 0 radical (unpaired) electrons. The van der Waals surface area contributed by atoms with E-state index >= 15 is 0 Å². The Morgan fingerprint density at radius 2 is 1.30 bits per heavy atom. The van der Waals surface area contributed by atoms with Crippen molar-refractivity contribution in [1.82, 2.24) is 6.61 Å². The van der Waals surface area contributed by atoms with E-state index in [1.54, 1.807) is 0 Å². The maximum Gasteiger partial charge on any atom is 2.00 e. The predicted octanol–water partition coefficient (Wildman–Crippen LogP) is 1.20. The molecule has 2 amide bonds. The zero-order valence-electron chi connectivity index (χ0n) is 10.9. The molecule has 2 aliphatic rings. The van der Waals surface area contributed by atoms with Gasteiger partial charge >= 0.3 is 78.7 Å². The molecule has 108 valence electrons. The molecule has 0 saturated carbocycles. The maximum atomic E-state index is 9.47. The van der Waals surface area contributed by atoms with E-state index in [0.29, 0.717) is 12.8 Å². The van der Waals surface area contributed by atoms with Crippen LogP contribution in [0.3, 0.4) is 0 Å². The molecule has 0 heterocycles. The summed E-state index contributed by atoms with van der Waals surface area (Å²) in [6.07, 6.45) is 21.2. The van der Waals surface area contributed by atoms with Gasteiger partial charge in [0.1, 0.15) is 0 Å². The zero-order chi connectivity index (χ0) is 12.6. The first-order valence-electron chi connectivity index (χ1n) is 5.19. The van der Waals surface area contributed by atoms with Crippen molar-refractivity contribution in [3.63, 3.8) is 0 Å². The van der Waals surface area contributed by atoms with Gasteiger partial charge in [-0.2, -0.15) is 12.2 Å². The molecule has 0 aromatic rings. The molecule has 0 bridgehead atoms. The summed E-state index contributed by atoms with van der Waals surface area (Å²) in [5.41, 5.74) is 0. The van der Waals surface area contributed by atoms with Crippen LogP contribution >= 0.6 is 24.8 Å². The summed E-state index contributed by atoms with van der Waals surface area (Å²) in [7, 11) is 0. The minimum absolute atomic E-state index is 0. The fourth-order valence-electron chi connectivity index (χ4n) is 0.823. The summed E-state index contributed by atoms with van der Waals surface area (Å²) in [6.45, 7) is 0. The molecule has 0 aromatic carbocycles. The number of carbonyl (C=O) groups excluding carboxylic acids is 2. The summed E-state index contributed by atoms with van der Waals surface area (Å²) in [4.78, 5) is 18.9. The van der Waals surface area contributed by atoms with Crippen LogP contribution in [0.5, 0.6) is 0 Å². The number of rotatable bonds is 4. The van der Waals surface area contributed by atoms with Gasteiger partial charge in [-0.05, 0) is 0 Å². The van der Waals surface area contributed by atoms with Crippen LogP contribution in [-0.2, 0) is 35.8 Å². The van der Waals surface area contributed by atoms with Gasteiger partial charge in [-0.1, -0.05) is 0 Å². The Balaban J connectivity index is -0.0000000903. The standard InChI is InChI=1S/2C5H5.2CH3NO.2ClH.In.Zr.H/c2*1-2-4-5-3-1;2*2-1-3;;;;;/h2*1-3H,4H2;2*1H,(H2,2,3);2*1H;;;/q2*-1;;;;;2*+2;/p-2. The molecular formula is C12H17Cl2InN2O2Zr. The Bertz CT molecular complexity index is 275. The molecule has 2 rings (SSSR count). The Morgan fingerprint density at radius 3 is 1.45 bits per heavy atom. The molecule has 2 N–H and O–H groups in total. The molecule has 0 aromatic heterocycles. The Morgan fingerprint density at radius 1 is 0.900 bits per heavy atom. The fourth-order valence-corrected chi connectivity index (χ4v) is 1.63. The van der Waals surface area contributed by atoms with E-state index in [2.05, 4.69) is 30.9 Å². The van der Waals surface area contributed by atoms with Gasteiger partial charge in [-0.3, -0.25) is 12.2 Å². The van der Waals surface area contributed by atoms with E-state index in [1.807, 2.05) is 24.3 Å². The quantitative estimate of drug-likeness (QED) is 0.348. The number of carbonyl (C=O) groups is 2. The number of amides is 2. The largest absolute Gasteiger partial charge is 2.00 e. The van der Waals surface area contributed by atoms with E-state index < -0.39 is 23.5 Å². The van der Waals surface area contributed by atoms with Gasteiger partial charge < -0.3 is 0 Å². The minimum atomic E-state index is -1.35. The van der Waals surface area contributed by atoms with Crippen molar-refractivity contribution < 1.29 is 35.8 Å². The van der Waals surface area contributed by atoms with Gasteiger partial charge in [0.2, 0.25) is 0 Å². The summed E-state index contributed by atoms with van der Waals surface area (Å²) in [5.74, 6) is 0. The van der Waals surface area contributed by atoms with Crippen LogP contribution in [0.1, 0.15) is 12.8 Å². The second-order valence-electron chi connectivity index (χ2n) is 2.83. The monoisotopic (exact) mass is 496 g/mol. The third-order valence-electron chi connectivity index (χ3n) is 1.54. The molecule has 20 heavy (non-hydrogen) atoms. The first-order valence-corrected chi connectivity index (χ1v) is 9.23. The Hall–Kier alpha value is 0.233. The van der Waals surface area contributed by atoms with Crippen LogP contribution in [0.15, 0.2) is 36.5 Å². The summed E-state index contributed by atoms with van der Waals surface area (Å²) < 4.78 is 4.87. The van der Waals surface area contributed by atoms with E-state index in [4.69, 9.17) is 0 Å². The molecule has 2 aliphatic carbocycles. The van der Waals surface area contributed by atoms with Gasteiger partial charge in [-0.25, -0.2) is 24.3 Å². The molecule has 0 unspecified atom stereocenters. The predicted molar refractivity (Wildman–Crippen MR) is 83.2 cm³/mol. The molecule has 0 aliphatic heterocycles. The van der Waals surface area contributed by atoms with Gasteiger partial charge in [-0.15, -0.1) is 37.7 Å². The van der Waals surface area contributed by atoms with Crippen LogP contribution in [0.2, 0.25) is 0 Å². The average Bonchev–Trinajstić information content (AvgIpc) is 3.08. The molecule has 8 heteroatoms. The van der Waals surface area contributed by atoms with Crippen LogP contribution in [0.4, 0.5) is 0 Å². The van der Waals surface area contributed by atoms with Crippen LogP contribution in [0, 0.1) is 12.2 Å². The van der Waals surface area contributed by atoms with E-state index in [-0.39, 0.29) is 51.0 Å². The first kappa shape index (κ1) is 28.4. The van der Waals surface area contributed by atoms with Gasteiger partial charge in [0.25, 0.3) is 0 Å². The Kier molecular flexibility index (Phi) is 39.1. The molecule has 0 saturated heterocycles. The number of halogens is 2. The third-order valence-corrected chi connectivity index (χ3v) is 3.66. The van der Waals surface area contributed by atoms with Gasteiger partial charge in [0.15, 0.2) is 0 Å². The van der Waals surface area contributed by atoms with Gasteiger partial charge in [0, 0.05) is 0 Å².